The van der Waals surface area contributed by atoms with Crippen LogP contribution < -0.4 is 10.6 Å². The van der Waals surface area contributed by atoms with Crippen LogP contribution in [0.4, 0.5) is 10.5 Å². The third-order valence-corrected chi connectivity index (χ3v) is 3.32. The Morgan fingerprint density at radius 2 is 1.59 bits per heavy atom. The van der Waals surface area contributed by atoms with Gasteiger partial charge in [-0.2, -0.15) is 0 Å². The topological polar surface area (TPSA) is 72.6 Å². The lowest BCUT2D eigenvalue weighted by atomic mass is 10.0. The molecule has 0 aliphatic rings. The molecular formula is C17H18N2O3. The quantitative estimate of drug-likeness (QED) is 0.921. The van der Waals surface area contributed by atoms with Gasteiger partial charge in [0.1, 0.15) is 6.04 Å². The summed E-state index contributed by atoms with van der Waals surface area (Å²) < 4.78 is 4.81. The van der Waals surface area contributed by atoms with Crippen LogP contribution in [0.15, 0.2) is 60.7 Å². The predicted molar refractivity (Wildman–Crippen MR) is 84.5 cm³/mol. The van der Waals surface area contributed by atoms with Crippen molar-refractivity contribution in [3.8, 4) is 0 Å². The van der Waals surface area contributed by atoms with Crippen molar-refractivity contribution in [3.05, 3.63) is 66.2 Å². The Labute approximate surface area is 129 Å². The Morgan fingerprint density at radius 1 is 1.05 bits per heavy atom. The van der Waals surface area contributed by atoms with E-state index in [-0.39, 0.29) is 0 Å². The van der Waals surface area contributed by atoms with Gasteiger partial charge in [-0.15, -0.1) is 0 Å². The molecule has 0 aromatic heterocycles. The van der Waals surface area contributed by atoms with E-state index in [1.807, 2.05) is 36.4 Å². The fraction of sp³-hybridized carbons (Fsp3) is 0.176. The highest BCUT2D eigenvalue weighted by molar-refractivity contribution is 5.97. The van der Waals surface area contributed by atoms with E-state index in [1.54, 1.807) is 24.3 Å². The number of primary amides is 1. The molecule has 114 valence electrons. The zero-order valence-corrected chi connectivity index (χ0v) is 12.3. The molecule has 0 heterocycles. The van der Waals surface area contributed by atoms with Gasteiger partial charge < -0.3 is 10.5 Å². The van der Waals surface area contributed by atoms with Crippen molar-refractivity contribution in [2.75, 3.05) is 12.0 Å². The van der Waals surface area contributed by atoms with Gasteiger partial charge in [0.25, 0.3) is 0 Å². The third kappa shape index (κ3) is 3.63. The molecule has 0 unspecified atom stereocenters. The number of carbonyl (C=O) groups excluding carboxylic acids is 2. The SMILES string of the molecule is COC(=O)N(c1ccccc1)[C@@H](Cc1ccccc1)C(N)=O. The van der Waals surface area contributed by atoms with Crippen LogP contribution in [-0.2, 0) is 16.0 Å². The largest absolute Gasteiger partial charge is 0.452 e. The van der Waals surface area contributed by atoms with E-state index in [4.69, 9.17) is 10.5 Å². The molecule has 2 aromatic rings. The molecule has 2 N–H and O–H groups in total. The van der Waals surface area contributed by atoms with Crippen molar-refractivity contribution in [2.24, 2.45) is 5.73 Å². The second-order valence-electron chi connectivity index (χ2n) is 4.78. The highest BCUT2D eigenvalue weighted by Crippen LogP contribution is 2.20. The molecule has 0 radical (unpaired) electrons. The normalized spacial score (nSPS) is 11.5. The number of ether oxygens (including phenoxy) is 1. The molecule has 22 heavy (non-hydrogen) atoms. The number of hydrogen-bond acceptors (Lipinski definition) is 3. The van der Waals surface area contributed by atoms with Crippen LogP contribution in [0.2, 0.25) is 0 Å². The lowest BCUT2D eigenvalue weighted by Gasteiger charge is -2.28. The molecule has 0 saturated carbocycles. The number of hydrogen-bond donors (Lipinski definition) is 1. The molecular weight excluding hydrogens is 280 g/mol. The van der Waals surface area contributed by atoms with E-state index in [9.17, 15) is 9.59 Å². The molecule has 1 atom stereocenters. The summed E-state index contributed by atoms with van der Waals surface area (Å²) in [5.74, 6) is -0.585. The van der Waals surface area contributed by atoms with Gasteiger partial charge in [0.15, 0.2) is 0 Å². The number of carbonyl (C=O) groups is 2. The van der Waals surface area contributed by atoms with E-state index in [0.29, 0.717) is 12.1 Å². The number of methoxy groups -OCH3 is 1. The van der Waals surface area contributed by atoms with Crippen LogP contribution in [0, 0.1) is 0 Å². The molecule has 0 spiro atoms. The van der Waals surface area contributed by atoms with Crippen molar-refractivity contribution in [2.45, 2.75) is 12.5 Å². The average molecular weight is 298 g/mol. The number of anilines is 1. The Balaban J connectivity index is 2.37. The van der Waals surface area contributed by atoms with E-state index in [2.05, 4.69) is 0 Å². The molecule has 2 rings (SSSR count). The summed E-state index contributed by atoms with van der Waals surface area (Å²) in [5.41, 5.74) is 7.00. The van der Waals surface area contributed by atoms with Crippen LogP contribution in [-0.4, -0.2) is 25.2 Å². The summed E-state index contributed by atoms with van der Waals surface area (Å²) in [5, 5.41) is 0. The minimum Gasteiger partial charge on any atom is -0.452 e. The van der Waals surface area contributed by atoms with Gasteiger partial charge in [-0.1, -0.05) is 48.5 Å². The van der Waals surface area contributed by atoms with E-state index >= 15 is 0 Å². The van der Waals surface area contributed by atoms with Gasteiger partial charge >= 0.3 is 6.09 Å². The molecule has 2 amide bonds. The highest BCUT2D eigenvalue weighted by Gasteiger charge is 2.30. The fourth-order valence-electron chi connectivity index (χ4n) is 2.26. The number of nitrogens with two attached hydrogens (primary N) is 1. The number of para-hydroxylation sites is 1. The molecule has 5 heteroatoms. The Morgan fingerprint density at radius 3 is 2.09 bits per heavy atom. The maximum Gasteiger partial charge on any atom is 0.414 e. The van der Waals surface area contributed by atoms with Gasteiger partial charge in [-0.3, -0.25) is 9.69 Å². The van der Waals surface area contributed by atoms with Gasteiger partial charge in [-0.25, -0.2) is 4.79 Å². The first-order valence-electron chi connectivity index (χ1n) is 6.89. The van der Waals surface area contributed by atoms with Crippen LogP contribution >= 0.6 is 0 Å². The van der Waals surface area contributed by atoms with Crippen LogP contribution in [0.25, 0.3) is 0 Å². The van der Waals surface area contributed by atoms with Crippen molar-refractivity contribution in [1.82, 2.24) is 0 Å². The molecule has 5 nitrogen and oxygen atoms in total. The molecule has 0 bridgehead atoms. The zero-order chi connectivity index (χ0) is 15.9. The first-order chi connectivity index (χ1) is 10.6. The summed E-state index contributed by atoms with van der Waals surface area (Å²) in [6.07, 6.45) is -0.300. The summed E-state index contributed by atoms with van der Waals surface area (Å²) >= 11 is 0. The van der Waals surface area contributed by atoms with Crippen molar-refractivity contribution >= 4 is 17.7 Å². The van der Waals surface area contributed by atoms with Crippen LogP contribution in [0.5, 0.6) is 0 Å². The third-order valence-electron chi connectivity index (χ3n) is 3.32. The van der Waals surface area contributed by atoms with E-state index in [1.165, 1.54) is 12.0 Å². The zero-order valence-electron chi connectivity index (χ0n) is 12.3. The second kappa shape index (κ2) is 7.26. The Kier molecular flexibility index (Phi) is 5.14. The lowest BCUT2D eigenvalue weighted by Crippen LogP contribution is -2.49. The Hall–Kier alpha value is -2.82. The maximum atomic E-state index is 12.1. The second-order valence-corrected chi connectivity index (χ2v) is 4.78. The van der Waals surface area contributed by atoms with Crippen LogP contribution in [0.3, 0.4) is 0 Å². The van der Waals surface area contributed by atoms with Gasteiger partial charge in [0.2, 0.25) is 5.91 Å². The summed E-state index contributed by atoms with van der Waals surface area (Å²) in [7, 11) is 1.28. The number of rotatable bonds is 5. The maximum absolute atomic E-state index is 12.1. The first kappa shape index (κ1) is 15.6. The highest BCUT2D eigenvalue weighted by atomic mass is 16.5. The molecule has 0 saturated heterocycles. The molecule has 0 aliphatic heterocycles. The van der Waals surface area contributed by atoms with E-state index < -0.39 is 18.0 Å². The summed E-state index contributed by atoms with van der Waals surface area (Å²) in [6, 6.07) is 17.4. The Bertz CT molecular complexity index is 629. The van der Waals surface area contributed by atoms with Crippen LogP contribution in [0.1, 0.15) is 5.56 Å². The standard InChI is InChI=1S/C17H18N2O3/c1-22-17(21)19(14-10-6-3-7-11-14)15(16(18)20)12-13-8-4-2-5-9-13/h2-11,15H,12H2,1H3,(H2,18,20)/t15-/m0/s1. The van der Waals surface area contributed by atoms with Gasteiger partial charge in [-0.05, 0) is 17.7 Å². The smallest absolute Gasteiger partial charge is 0.414 e. The summed E-state index contributed by atoms with van der Waals surface area (Å²) in [4.78, 5) is 25.3. The first-order valence-corrected chi connectivity index (χ1v) is 6.89. The number of benzene rings is 2. The summed E-state index contributed by atoms with van der Waals surface area (Å²) in [6.45, 7) is 0. The molecule has 2 aromatic carbocycles. The fourth-order valence-corrected chi connectivity index (χ4v) is 2.26. The van der Waals surface area contributed by atoms with Crippen molar-refractivity contribution in [3.63, 3.8) is 0 Å². The molecule has 0 fully saturated rings. The van der Waals surface area contributed by atoms with E-state index in [0.717, 1.165) is 5.56 Å². The number of amides is 2. The van der Waals surface area contributed by atoms with Crippen molar-refractivity contribution in [1.29, 1.82) is 0 Å². The van der Waals surface area contributed by atoms with Gasteiger partial charge in [0, 0.05) is 12.1 Å². The average Bonchev–Trinajstić information content (AvgIpc) is 2.55. The predicted octanol–water partition coefficient (Wildman–Crippen LogP) is 2.36. The monoisotopic (exact) mass is 298 g/mol. The minimum atomic E-state index is -0.822. The lowest BCUT2D eigenvalue weighted by molar-refractivity contribution is -0.119. The number of nitrogens with zero attached hydrogens (tertiary/aromatic N) is 1. The van der Waals surface area contributed by atoms with Crippen molar-refractivity contribution < 1.29 is 14.3 Å². The van der Waals surface area contributed by atoms with Gasteiger partial charge in [0.05, 0.1) is 7.11 Å². The molecule has 0 aliphatic carbocycles. The minimum absolute atomic E-state index is 0.320.